The number of nitrogens with zero attached hydrogens (tertiary/aromatic N) is 5. The third-order valence-electron chi connectivity index (χ3n) is 9.62. The molecule has 0 fully saturated rings. The second-order valence-corrected chi connectivity index (χ2v) is 12.3. The van der Waals surface area contributed by atoms with Crippen LogP contribution in [0.25, 0.3) is 77.2 Å². The molecule has 230 valence electrons. The normalized spacial score (nSPS) is 11.1. The first-order chi connectivity index (χ1) is 24.7. The van der Waals surface area contributed by atoms with Gasteiger partial charge in [-0.2, -0.15) is 15.8 Å². The molecular weight excluding hydrogens is 611 g/mol. The molecule has 5 nitrogen and oxygen atoms in total. The van der Waals surface area contributed by atoms with Crippen molar-refractivity contribution in [2.24, 2.45) is 0 Å². The van der Waals surface area contributed by atoms with E-state index >= 15 is 0 Å². The third-order valence-corrected chi connectivity index (χ3v) is 9.62. The Balaban J connectivity index is 1.25. The van der Waals surface area contributed by atoms with Crippen LogP contribution < -0.4 is 0 Å². The van der Waals surface area contributed by atoms with Gasteiger partial charge in [0.05, 0.1) is 62.7 Å². The summed E-state index contributed by atoms with van der Waals surface area (Å²) in [5.41, 5.74) is 11.4. The lowest BCUT2D eigenvalue weighted by Gasteiger charge is -2.16. The number of benzene rings is 7. The maximum absolute atomic E-state index is 10.4. The van der Waals surface area contributed by atoms with E-state index in [1.165, 1.54) is 10.8 Å². The highest BCUT2D eigenvalue weighted by Gasteiger charge is 2.19. The van der Waals surface area contributed by atoms with Gasteiger partial charge in [-0.1, -0.05) is 78.9 Å². The second kappa shape index (κ2) is 11.4. The molecule has 0 saturated heterocycles. The van der Waals surface area contributed by atoms with Crippen molar-refractivity contribution >= 4 is 43.6 Å². The predicted octanol–water partition coefficient (Wildman–Crippen LogP) is 10.8. The van der Waals surface area contributed by atoms with Crippen LogP contribution in [-0.2, 0) is 0 Å². The zero-order valence-electron chi connectivity index (χ0n) is 26.7. The van der Waals surface area contributed by atoms with Crippen molar-refractivity contribution in [2.75, 3.05) is 0 Å². The van der Waals surface area contributed by atoms with Gasteiger partial charge in [0.15, 0.2) is 0 Å². The first-order valence-electron chi connectivity index (χ1n) is 16.3. The smallest absolute Gasteiger partial charge is 0.0998 e. The van der Waals surface area contributed by atoms with E-state index in [9.17, 15) is 15.8 Å². The molecule has 50 heavy (non-hydrogen) atoms. The second-order valence-electron chi connectivity index (χ2n) is 12.3. The summed E-state index contributed by atoms with van der Waals surface area (Å²) < 4.78 is 4.45. The number of nitriles is 3. The average Bonchev–Trinajstić information content (AvgIpc) is 3.69. The lowest BCUT2D eigenvalue weighted by molar-refractivity contribution is 1.18. The highest BCUT2D eigenvalue weighted by Crippen LogP contribution is 2.40. The first-order valence-corrected chi connectivity index (χ1v) is 16.3. The Morgan fingerprint density at radius 3 is 1.78 bits per heavy atom. The van der Waals surface area contributed by atoms with Crippen molar-refractivity contribution in [3.05, 3.63) is 168 Å². The van der Waals surface area contributed by atoms with Crippen molar-refractivity contribution in [3.8, 4) is 51.8 Å². The summed E-state index contributed by atoms with van der Waals surface area (Å²) in [4.78, 5) is 0. The van der Waals surface area contributed by atoms with Gasteiger partial charge in [0.25, 0.3) is 0 Å². The number of fused-ring (bicyclic) bond motifs is 6. The highest BCUT2D eigenvalue weighted by atomic mass is 15.0. The van der Waals surface area contributed by atoms with E-state index in [-0.39, 0.29) is 0 Å². The molecule has 0 radical (unpaired) electrons. The topological polar surface area (TPSA) is 81.2 Å². The van der Waals surface area contributed by atoms with Crippen molar-refractivity contribution < 1.29 is 0 Å². The standard InChI is InChI=1S/C45H25N5/c46-26-29-17-21-44-40(22-29)38-20-16-30(27-47)23-45(38)50(44)43-15-6-3-12-37(43)39-25-32(18-19-33(39)28-48)31-8-7-9-34(24-31)49-41-13-4-1-10-35(41)36-11-2-5-14-42(36)49/h1-25H. The SMILES string of the molecule is N#Cc1ccc2c(c1)c1ccc(C#N)cc1n2-c1ccccc1-c1cc(-c2cccc(-n3c4ccccc4c4ccccc43)c2)ccc1C#N. The summed E-state index contributed by atoms with van der Waals surface area (Å²) in [5.74, 6) is 0. The fourth-order valence-corrected chi connectivity index (χ4v) is 7.39. The van der Waals surface area contributed by atoms with Gasteiger partial charge in [-0.15, -0.1) is 0 Å². The molecule has 0 atom stereocenters. The zero-order valence-corrected chi connectivity index (χ0v) is 26.7. The summed E-state index contributed by atoms with van der Waals surface area (Å²) in [6, 6.07) is 57.9. The lowest BCUT2D eigenvalue weighted by atomic mass is 9.93. The van der Waals surface area contributed by atoms with Gasteiger partial charge in [0.1, 0.15) is 0 Å². The minimum absolute atomic E-state index is 0.544. The van der Waals surface area contributed by atoms with E-state index in [4.69, 9.17) is 0 Å². The van der Waals surface area contributed by atoms with E-state index in [0.29, 0.717) is 16.7 Å². The molecule has 0 amide bonds. The zero-order chi connectivity index (χ0) is 33.8. The van der Waals surface area contributed by atoms with Crippen molar-refractivity contribution in [3.63, 3.8) is 0 Å². The lowest BCUT2D eigenvalue weighted by Crippen LogP contribution is -1.99. The molecule has 0 unspecified atom stereocenters. The van der Waals surface area contributed by atoms with Crippen LogP contribution in [0.2, 0.25) is 0 Å². The van der Waals surface area contributed by atoms with Crippen LogP contribution in [0.15, 0.2) is 152 Å². The first kappa shape index (κ1) is 28.8. The van der Waals surface area contributed by atoms with Gasteiger partial charge in [-0.3, -0.25) is 0 Å². The fourth-order valence-electron chi connectivity index (χ4n) is 7.39. The summed E-state index contributed by atoms with van der Waals surface area (Å²) in [5, 5.41) is 34.1. The van der Waals surface area contributed by atoms with Crippen LogP contribution in [-0.4, -0.2) is 9.13 Å². The van der Waals surface area contributed by atoms with Crippen LogP contribution in [0.3, 0.4) is 0 Å². The van der Waals surface area contributed by atoms with Crippen LogP contribution in [0, 0.1) is 34.0 Å². The molecule has 5 heteroatoms. The molecule has 0 aliphatic rings. The fraction of sp³-hybridized carbons (Fsp3) is 0. The van der Waals surface area contributed by atoms with Gasteiger partial charge in [-0.25, -0.2) is 0 Å². The minimum Gasteiger partial charge on any atom is -0.309 e. The van der Waals surface area contributed by atoms with Gasteiger partial charge >= 0.3 is 0 Å². The Morgan fingerprint density at radius 1 is 0.380 bits per heavy atom. The summed E-state index contributed by atoms with van der Waals surface area (Å²) in [7, 11) is 0. The van der Waals surface area contributed by atoms with E-state index < -0.39 is 0 Å². The molecule has 0 spiro atoms. The summed E-state index contributed by atoms with van der Waals surface area (Å²) in [6.45, 7) is 0. The molecule has 9 aromatic rings. The largest absolute Gasteiger partial charge is 0.309 e. The molecule has 2 aromatic heterocycles. The van der Waals surface area contributed by atoms with E-state index in [1.54, 1.807) is 0 Å². The number of aromatic nitrogens is 2. The summed E-state index contributed by atoms with van der Waals surface area (Å²) in [6.07, 6.45) is 0. The van der Waals surface area contributed by atoms with E-state index in [1.807, 2.05) is 72.8 Å². The number of para-hydroxylation sites is 3. The average molecular weight is 636 g/mol. The van der Waals surface area contributed by atoms with Gasteiger partial charge in [-0.05, 0) is 83.9 Å². The van der Waals surface area contributed by atoms with Gasteiger partial charge < -0.3 is 9.13 Å². The van der Waals surface area contributed by atoms with Gasteiger partial charge in [0.2, 0.25) is 0 Å². The Bertz CT molecular complexity index is 2920. The Labute approximate surface area is 287 Å². The van der Waals surface area contributed by atoms with Crippen LogP contribution in [0.1, 0.15) is 16.7 Å². The molecule has 0 aliphatic heterocycles. The quantitative estimate of drug-likeness (QED) is 0.193. The molecule has 9 rings (SSSR count). The Hall–Kier alpha value is -7.39. The summed E-state index contributed by atoms with van der Waals surface area (Å²) >= 11 is 0. The van der Waals surface area contributed by atoms with Crippen molar-refractivity contribution in [2.45, 2.75) is 0 Å². The van der Waals surface area contributed by atoms with Crippen LogP contribution in [0.5, 0.6) is 0 Å². The molecular formula is C45H25N5. The van der Waals surface area contributed by atoms with E-state index in [0.717, 1.165) is 66.5 Å². The van der Waals surface area contributed by atoms with E-state index in [2.05, 4.69) is 106 Å². The van der Waals surface area contributed by atoms with Crippen LogP contribution in [0.4, 0.5) is 0 Å². The maximum atomic E-state index is 10.4. The predicted molar refractivity (Wildman–Crippen MR) is 200 cm³/mol. The Kier molecular flexibility index (Phi) is 6.56. The number of hydrogen-bond donors (Lipinski definition) is 0. The van der Waals surface area contributed by atoms with Crippen molar-refractivity contribution in [1.82, 2.24) is 9.13 Å². The molecule has 0 bridgehead atoms. The number of hydrogen-bond acceptors (Lipinski definition) is 3. The minimum atomic E-state index is 0.544. The van der Waals surface area contributed by atoms with Crippen molar-refractivity contribution in [1.29, 1.82) is 15.8 Å². The highest BCUT2D eigenvalue weighted by molar-refractivity contribution is 6.11. The number of rotatable bonds is 4. The monoisotopic (exact) mass is 635 g/mol. The molecule has 0 saturated carbocycles. The Morgan fingerprint density at radius 2 is 1.02 bits per heavy atom. The third kappa shape index (κ3) is 4.38. The molecule has 7 aromatic carbocycles. The maximum Gasteiger partial charge on any atom is 0.0998 e. The molecule has 2 heterocycles. The molecule has 0 N–H and O–H groups in total. The van der Waals surface area contributed by atoms with Crippen LogP contribution >= 0.6 is 0 Å². The van der Waals surface area contributed by atoms with Gasteiger partial charge in [0, 0.05) is 38.4 Å². The molecule has 0 aliphatic carbocycles.